The number of anilines is 1. The first-order chi connectivity index (χ1) is 10.1. The minimum Gasteiger partial charge on any atom is -0.325 e. The number of carbonyl (C=O) groups is 1. The normalized spacial score (nSPS) is 13.5. The Hall–Kier alpha value is -1.65. The zero-order valence-electron chi connectivity index (χ0n) is 12.1. The smallest absolute Gasteiger partial charge is 0.241 e. The van der Waals surface area contributed by atoms with Gasteiger partial charge >= 0.3 is 0 Å². The second-order valence-electron chi connectivity index (χ2n) is 5.02. The third-order valence-electron chi connectivity index (χ3n) is 3.29. The molecule has 0 bridgehead atoms. The molecular formula is C17H19BrN2O. The van der Waals surface area contributed by atoms with Crippen LogP contribution < -0.4 is 10.6 Å². The maximum absolute atomic E-state index is 12.2. The molecule has 3 nitrogen and oxygen atoms in total. The van der Waals surface area contributed by atoms with Gasteiger partial charge in [-0.1, -0.05) is 52.3 Å². The van der Waals surface area contributed by atoms with Crippen LogP contribution in [0, 0.1) is 0 Å². The van der Waals surface area contributed by atoms with Gasteiger partial charge in [-0.05, 0) is 37.6 Å². The highest BCUT2D eigenvalue weighted by Gasteiger charge is 2.16. The molecule has 2 aromatic carbocycles. The molecule has 4 heteroatoms. The van der Waals surface area contributed by atoms with E-state index in [1.54, 1.807) is 0 Å². The molecule has 0 spiro atoms. The van der Waals surface area contributed by atoms with Crippen molar-refractivity contribution in [2.75, 3.05) is 5.32 Å². The second kappa shape index (κ2) is 7.38. The number of halogens is 1. The van der Waals surface area contributed by atoms with Gasteiger partial charge < -0.3 is 5.32 Å². The molecule has 1 amide bonds. The largest absolute Gasteiger partial charge is 0.325 e. The summed E-state index contributed by atoms with van der Waals surface area (Å²) in [5.41, 5.74) is 1.95. The lowest BCUT2D eigenvalue weighted by Gasteiger charge is -2.20. The molecule has 21 heavy (non-hydrogen) atoms. The van der Waals surface area contributed by atoms with Gasteiger partial charge in [-0.15, -0.1) is 0 Å². The zero-order valence-corrected chi connectivity index (χ0v) is 13.7. The fourth-order valence-electron chi connectivity index (χ4n) is 2.11. The van der Waals surface area contributed by atoms with Crippen LogP contribution in [-0.2, 0) is 4.79 Å². The number of nitrogens with one attached hydrogen (secondary N) is 2. The van der Waals surface area contributed by atoms with Gasteiger partial charge in [0.2, 0.25) is 5.91 Å². The van der Waals surface area contributed by atoms with Gasteiger partial charge in [-0.2, -0.15) is 0 Å². The van der Waals surface area contributed by atoms with Crippen LogP contribution in [0.4, 0.5) is 5.69 Å². The predicted octanol–water partition coefficient (Wildman–Crippen LogP) is 4.13. The lowest BCUT2D eigenvalue weighted by Crippen LogP contribution is -2.39. The van der Waals surface area contributed by atoms with Crippen LogP contribution >= 0.6 is 15.9 Å². The van der Waals surface area contributed by atoms with Gasteiger partial charge in [0.15, 0.2) is 0 Å². The monoisotopic (exact) mass is 346 g/mol. The van der Waals surface area contributed by atoms with E-state index in [0.29, 0.717) is 0 Å². The summed E-state index contributed by atoms with van der Waals surface area (Å²) in [6, 6.07) is 17.5. The van der Waals surface area contributed by atoms with Crippen molar-refractivity contribution in [2.45, 2.75) is 25.9 Å². The van der Waals surface area contributed by atoms with Gasteiger partial charge in [0, 0.05) is 16.2 Å². The molecule has 0 radical (unpaired) electrons. The van der Waals surface area contributed by atoms with Crippen LogP contribution in [0.25, 0.3) is 0 Å². The molecule has 0 aliphatic carbocycles. The molecule has 0 heterocycles. The minimum atomic E-state index is -0.279. The van der Waals surface area contributed by atoms with Crippen LogP contribution in [-0.4, -0.2) is 11.9 Å². The van der Waals surface area contributed by atoms with Crippen molar-refractivity contribution in [1.29, 1.82) is 0 Å². The van der Waals surface area contributed by atoms with Crippen LogP contribution in [0.2, 0.25) is 0 Å². The Labute approximate surface area is 133 Å². The van der Waals surface area contributed by atoms with Gasteiger partial charge in [-0.3, -0.25) is 10.1 Å². The summed E-state index contributed by atoms with van der Waals surface area (Å²) < 4.78 is 0.943. The summed E-state index contributed by atoms with van der Waals surface area (Å²) in [7, 11) is 0. The van der Waals surface area contributed by atoms with Crippen molar-refractivity contribution < 1.29 is 4.79 Å². The highest BCUT2D eigenvalue weighted by atomic mass is 79.9. The van der Waals surface area contributed by atoms with E-state index in [4.69, 9.17) is 0 Å². The Morgan fingerprint density at radius 3 is 2.43 bits per heavy atom. The standard InChI is InChI=1S/C17H19BrN2O/c1-12(14-7-4-3-5-8-14)19-13(2)17(21)20-16-10-6-9-15(18)11-16/h3-13,19H,1-2H3,(H,20,21)/t12-,13+/m0/s1. The molecule has 0 unspecified atom stereocenters. The maximum Gasteiger partial charge on any atom is 0.241 e. The summed E-state index contributed by atoms with van der Waals surface area (Å²) in [6.07, 6.45) is 0. The summed E-state index contributed by atoms with van der Waals surface area (Å²) >= 11 is 3.39. The average molecular weight is 347 g/mol. The highest BCUT2D eigenvalue weighted by Crippen LogP contribution is 2.16. The predicted molar refractivity (Wildman–Crippen MR) is 90.2 cm³/mol. The molecule has 0 aliphatic rings. The molecule has 110 valence electrons. The minimum absolute atomic E-state index is 0.0455. The number of carbonyl (C=O) groups excluding carboxylic acids is 1. The van der Waals surface area contributed by atoms with E-state index < -0.39 is 0 Å². The first kappa shape index (κ1) is 15.7. The third kappa shape index (κ3) is 4.69. The van der Waals surface area contributed by atoms with Crippen LogP contribution in [0.5, 0.6) is 0 Å². The third-order valence-corrected chi connectivity index (χ3v) is 3.78. The molecule has 0 aromatic heterocycles. The Morgan fingerprint density at radius 2 is 1.76 bits per heavy atom. The number of amides is 1. The first-order valence-corrected chi connectivity index (χ1v) is 7.73. The van der Waals surface area contributed by atoms with E-state index in [1.165, 1.54) is 5.56 Å². The van der Waals surface area contributed by atoms with Crippen LogP contribution in [0.3, 0.4) is 0 Å². The molecule has 0 saturated heterocycles. The Morgan fingerprint density at radius 1 is 1.05 bits per heavy atom. The van der Waals surface area contributed by atoms with E-state index in [9.17, 15) is 4.79 Å². The van der Waals surface area contributed by atoms with Crippen molar-refractivity contribution >= 4 is 27.5 Å². The van der Waals surface area contributed by atoms with E-state index in [2.05, 4.69) is 45.6 Å². The van der Waals surface area contributed by atoms with Crippen LogP contribution in [0.15, 0.2) is 59.1 Å². The van der Waals surface area contributed by atoms with Gasteiger partial charge in [0.05, 0.1) is 6.04 Å². The topological polar surface area (TPSA) is 41.1 Å². The average Bonchev–Trinajstić information content (AvgIpc) is 2.48. The molecule has 2 aromatic rings. The zero-order chi connectivity index (χ0) is 15.2. The van der Waals surface area contributed by atoms with Crippen molar-refractivity contribution in [3.05, 3.63) is 64.6 Å². The van der Waals surface area contributed by atoms with Gasteiger partial charge in [0.1, 0.15) is 0 Å². The van der Waals surface area contributed by atoms with Gasteiger partial charge in [0.25, 0.3) is 0 Å². The summed E-state index contributed by atoms with van der Waals surface area (Å²) in [6.45, 7) is 3.92. The van der Waals surface area contributed by atoms with Crippen molar-refractivity contribution in [3.63, 3.8) is 0 Å². The van der Waals surface area contributed by atoms with Crippen molar-refractivity contribution in [1.82, 2.24) is 5.32 Å². The summed E-state index contributed by atoms with van der Waals surface area (Å²) in [5.74, 6) is -0.0455. The van der Waals surface area contributed by atoms with Crippen molar-refractivity contribution in [3.8, 4) is 0 Å². The van der Waals surface area contributed by atoms with E-state index >= 15 is 0 Å². The molecule has 0 saturated carbocycles. The Kier molecular flexibility index (Phi) is 5.53. The quantitative estimate of drug-likeness (QED) is 0.854. The van der Waals surface area contributed by atoms with Crippen LogP contribution in [0.1, 0.15) is 25.5 Å². The maximum atomic E-state index is 12.2. The highest BCUT2D eigenvalue weighted by molar-refractivity contribution is 9.10. The molecule has 0 aliphatic heterocycles. The lowest BCUT2D eigenvalue weighted by molar-refractivity contribution is -0.117. The second-order valence-corrected chi connectivity index (χ2v) is 5.94. The summed E-state index contributed by atoms with van der Waals surface area (Å²) in [4.78, 5) is 12.2. The first-order valence-electron chi connectivity index (χ1n) is 6.93. The van der Waals surface area contributed by atoms with E-state index in [-0.39, 0.29) is 18.0 Å². The molecular weight excluding hydrogens is 328 g/mol. The number of hydrogen-bond acceptors (Lipinski definition) is 2. The molecule has 2 rings (SSSR count). The number of rotatable bonds is 5. The fraction of sp³-hybridized carbons (Fsp3) is 0.235. The number of hydrogen-bond donors (Lipinski definition) is 2. The Bertz CT molecular complexity index is 601. The number of benzene rings is 2. The lowest BCUT2D eigenvalue weighted by atomic mass is 10.1. The fourth-order valence-corrected chi connectivity index (χ4v) is 2.50. The summed E-state index contributed by atoms with van der Waals surface area (Å²) in [5, 5.41) is 6.21. The van der Waals surface area contributed by atoms with Gasteiger partial charge in [-0.25, -0.2) is 0 Å². The van der Waals surface area contributed by atoms with Crippen molar-refractivity contribution in [2.24, 2.45) is 0 Å². The Balaban J connectivity index is 1.93. The van der Waals surface area contributed by atoms with E-state index in [1.807, 2.05) is 49.4 Å². The molecule has 2 N–H and O–H groups in total. The molecule has 2 atom stereocenters. The van der Waals surface area contributed by atoms with E-state index in [0.717, 1.165) is 10.2 Å². The SMILES string of the molecule is C[C@H](N[C@H](C)C(=O)Nc1cccc(Br)c1)c1ccccc1. The molecule has 0 fully saturated rings.